The number of rotatable bonds is 5. The first-order valence-electron chi connectivity index (χ1n) is 10.7. The third kappa shape index (κ3) is 3.27. The second-order valence-electron chi connectivity index (χ2n) is 7.75. The molecule has 28 heavy (non-hydrogen) atoms. The van der Waals surface area contributed by atoms with Crippen LogP contribution in [-0.4, -0.2) is 40.2 Å². The molecule has 0 bridgehead atoms. The van der Waals surface area contributed by atoms with E-state index in [1.807, 2.05) is 0 Å². The lowest BCUT2D eigenvalue weighted by Gasteiger charge is -2.41. The van der Waals surface area contributed by atoms with E-state index in [-0.39, 0.29) is 12.1 Å². The maximum Gasteiger partial charge on any atom is 0.288 e. The van der Waals surface area contributed by atoms with Gasteiger partial charge < -0.3 is 0 Å². The summed E-state index contributed by atoms with van der Waals surface area (Å²) in [6.45, 7) is 7.77. The number of nitrogens with zero attached hydrogens (tertiary/aromatic N) is 3. The van der Waals surface area contributed by atoms with Gasteiger partial charge in [-0.05, 0) is 24.0 Å². The van der Waals surface area contributed by atoms with Crippen LogP contribution in [0.1, 0.15) is 56.3 Å². The Kier molecular flexibility index (Phi) is 6.03. The monoisotopic (exact) mass is 397 g/mol. The number of likely N-dealkylation sites (N-methyl/N-ethyl adjacent to an activating group) is 2. The number of piperidine rings is 1. The van der Waals surface area contributed by atoms with E-state index in [0.717, 1.165) is 39.0 Å². The molecule has 0 unspecified atom stereocenters. The van der Waals surface area contributed by atoms with Crippen molar-refractivity contribution in [1.29, 1.82) is 0 Å². The lowest BCUT2D eigenvalue weighted by Crippen LogP contribution is -2.37. The lowest BCUT2D eigenvalue weighted by atomic mass is 9.93. The fourth-order valence-electron chi connectivity index (χ4n) is 5.03. The van der Waals surface area contributed by atoms with Gasteiger partial charge in [0.05, 0.1) is 12.1 Å². The zero-order valence-corrected chi connectivity index (χ0v) is 18.0. The predicted octanol–water partition coefficient (Wildman–Crippen LogP) is 5.72. The third-order valence-corrected chi connectivity index (χ3v) is 9.78. The summed E-state index contributed by atoms with van der Waals surface area (Å²) in [6, 6.07) is 21.5. The van der Waals surface area contributed by atoms with E-state index in [1.165, 1.54) is 17.5 Å². The molecule has 0 amide bonds. The van der Waals surface area contributed by atoms with Crippen molar-refractivity contribution in [1.82, 2.24) is 14.0 Å². The van der Waals surface area contributed by atoms with Crippen LogP contribution in [0.4, 0.5) is 0 Å². The summed E-state index contributed by atoms with van der Waals surface area (Å²) in [5.41, 5.74) is 2.51. The highest BCUT2D eigenvalue weighted by atomic mass is 31.2. The quantitative estimate of drug-likeness (QED) is 0.603. The summed E-state index contributed by atoms with van der Waals surface area (Å²) in [6.07, 6.45) is 3.54. The lowest BCUT2D eigenvalue weighted by molar-refractivity contribution is 0.281. The van der Waals surface area contributed by atoms with Crippen LogP contribution < -0.4 is 0 Å². The van der Waals surface area contributed by atoms with Crippen LogP contribution in [0.25, 0.3) is 0 Å². The maximum atomic E-state index is 14.8. The number of benzene rings is 2. The van der Waals surface area contributed by atoms with Gasteiger partial charge >= 0.3 is 0 Å². The van der Waals surface area contributed by atoms with Crippen LogP contribution in [0.15, 0.2) is 60.7 Å². The van der Waals surface area contributed by atoms with Gasteiger partial charge in [0, 0.05) is 26.2 Å². The summed E-state index contributed by atoms with van der Waals surface area (Å²) in [5.74, 6) is 0. The molecular formula is C23H32N3OP. The minimum Gasteiger partial charge on any atom is -0.270 e. The maximum absolute atomic E-state index is 14.8. The Morgan fingerprint density at radius 1 is 0.750 bits per heavy atom. The molecule has 2 saturated heterocycles. The molecule has 0 radical (unpaired) electrons. The molecule has 0 aromatic heterocycles. The smallest absolute Gasteiger partial charge is 0.270 e. The molecule has 4 rings (SSSR count). The van der Waals surface area contributed by atoms with Crippen LogP contribution >= 0.6 is 7.59 Å². The molecule has 0 aliphatic carbocycles. The highest BCUT2D eigenvalue weighted by Gasteiger charge is 2.57. The Balaban J connectivity index is 1.87. The highest BCUT2D eigenvalue weighted by Crippen LogP contribution is 2.71. The predicted molar refractivity (Wildman–Crippen MR) is 116 cm³/mol. The van der Waals surface area contributed by atoms with Crippen molar-refractivity contribution in [3.8, 4) is 0 Å². The van der Waals surface area contributed by atoms with Gasteiger partial charge in [-0.1, -0.05) is 80.9 Å². The first-order chi connectivity index (χ1) is 13.7. The van der Waals surface area contributed by atoms with Gasteiger partial charge in [0.15, 0.2) is 0 Å². The van der Waals surface area contributed by atoms with Crippen molar-refractivity contribution in [3.63, 3.8) is 0 Å². The molecule has 150 valence electrons. The minimum absolute atomic E-state index is 0.0984. The van der Waals surface area contributed by atoms with E-state index >= 15 is 0 Å². The fraction of sp³-hybridized carbons (Fsp3) is 0.478. The Bertz CT molecular complexity index is 750. The van der Waals surface area contributed by atoms with Crippen LogP contribution in [0.2, 0.25) is 0 Å². The van der Waals surface area contributed by atoms with E-state index in [4.69, 9.17) is 0 Å². The van der Waals surface area contributed by atoms with Gasteiger partial charge in [0.1, 0.15) is 0 Å². The molecule has 2 aromatic carbocycles. The van der Waals surface area contributed by atoms with E-state index in [2.05, 4.69) is 88.5 Å². The van der Waals surface area contributed by atoms with Gasteiger partial charge in [-0.25, -0.2) is 14.0 Å². The average Bonchev–Trinajstić information content (AvgIpc) is 3.04. The van der Waals surface area contributed by atoms with Gasteiger partial charge in [0.2, 0.25) is 0 Å². The molecule has 0 spiro atoms. The summed E-state index contributed by atoms with van der Waals surface area (Å²) < 4.78 is 21.8. The molecule has 5 heteroatoms. The second kappa shape index (κ2) is 8.51. The largest absolute Gasteiger partial charge is 0.288 e. The molecule has 2 aromatic rings. The van der Waals surface area contributed by atoms with E-state index < -0.39 is 7.59 Å². The zero-order valence-electron chi connectivity index (χ0n) is 17.1. The van der Waals surface area contributed by atoms with Crippen LogP contribution in [0, 0.1) is 0 Å². The zero-order chi connectivity index (χ0) is 19.6. The van der Waals surface area contributed by atoms with Gasteiger partial charge in [0.25, 0.3) is 7.59 Å². The summed E-state index contributed by atoms with van der Waals surface area (Å²) >= 11 is 0. The first kappa shape index (κ1) is 19.8. The van der Waals surface area contributed by atoms with Gasteiger partial charge in [-0.3, -0.25) is 4.57 Å². The van der Waals surface area contributed by atoms with Crippen molar-refractivity contribution >= 4 is 7.59 Å². The molecule has 2 heterocycles. The standard InChI is InChI=1S/C23H32N3OP/c1-3-25-22(20-14-8-5-9-15-20)23(21-16-10-6-11-17-21)26(4-2)28(25,27)24-18-12-7-13-19-24/h5-6,8-11,14-17,22-23H,3-4,7,12-13,18-19H2,1-2H3/t22-,23-/m0/s1. The molecule has 0 N–H and O–H groups in total. The van der Waals surface area contributed by atoms with Gasteiger partial charge in [-0.15, -0.1) is 0 Å². The van der Waals surface area contributed by atoms with E-state index in [0.29, 0.717) is 0 Å². The van der Waals surface area contributed by atoms with Crippen LogP contribution in [0.3, 0.4) is 0 Å². The van der Waals surface area contributed by atoms with E-state index in [9.17, 15) is 4.57 Å². The molecule has 0 saturated carbocycles. The number of hydrogen-bond donors (Lipinski definition) is 0. The Morgan fingerprint density at radius 2 is 1.18 bits per heavy atom. The molecule has 4 nitrogen and oxygen atoms in total. The van der Waals surface area contributed by atoms with Crippen molar-refractivity contribution in [2.24, 2.45) is 0 Å². The Hall–Kier alpha value is -1.45. The molecule has 2 atom stereocenters. The Labute approximate surface area is 169 Å². The molecule has 2 aliphatic rings. The SMILES string of the molecule is CCN1[C@@H](c2ccccc2)[C@H](c2ccccc2)N(CC)P1(=O)N1CCCCC1. The highest BCUT2D eigenvalue weighted by molar-refractivity contribution is 7.56. The second-order valence-corrected chi connectivity index (χ2v) is 10.4. The summed E-state index contributed by atoms with van der Waals surface area (Å²) in [4.78, 5) is 0. The molecule has 2 aliphatic heterocycles. The molecule has 2 fully saturated rings. The summed E-state index contributed by atoms with van der Waals surface area (Å²) in [5, 5.41) is 0. The van der Waals surface area contributed by atoms with Gasteiger partial charge in [-0.2, -0.15) is 0 Å². The normalized spacial score (nSPS) is 26.5. The average molecular weight is 398 g/mol. The topological polar surface area (TPSA) is 26.8 Å². The fourth-order valence-corrected chi connectivity index (χ4v) is 8.68. The van der Waals surface area contributed by atoms with Crippen LogP contribution in [0.5, 0.6) is 0 Å². The van der Waals surface area contributed by atoms with Crippen LogP contribution in [-0.2, 0) is 4.57 Å². The minimum atomic E-state index is -2.81. The van der Waals surface area contributed by atoms with Crippen molar-refractivity contribution in [2.45, 2.75) is 45.2 Å². The van der Waals surface area contributed by atoms with Crippen molar-refractivity contribution in [2.75, 3.05) is 26.2 Å². The first-order valence-corrected chi connectivity index (χ1v) is 12.3. The third-order valence-electron chi connectivity index (χ3n) is 6.24. The number of hydrogen-bond acceptors (Lipinski definition) is 1. The Morgan fingerprint density at radius 3 is 1.57 bits per heavy atom. The molecular weight excluding hydrogens is 365 g/mol. The van der Waals surface area contributed by atoms with Crippen molar-refractivity contribution in [3.05, 3.63) is 71.8 Å². The van der Waals surface area contributed by atoms with E-state index in [1.54, 1.807) is 0 Å². The summed E-state index contributed by atoms with van der Waals surface area (Å²) in [7, 11) is -2.81. The van der Waals surface area contributed by atoms with Crippen molar-refractivity contribution < 1.29 is 4.57 Å².